The number of rotatable bonds is 4. The second kappa shape index (κ2) is 5.48. The van der Waals surface area contributed by atoms with E-state index in [-0.39, 0.29) is 16.5 Å². The molecule has 0 saturated carbocycles. The van der Waals surface area contributed by atoms with Gasteiger partial charge in [-0.3, -0.25) is 0 Å². The molecule has 0 saturated heterocycles. The molecule has 1 N–H and O–H groups in total. The van der Waals surface area contributed by atoms with Gasteiger partial charge in [0.25, 0.3) is 0 Å². The van der Waals surface area contributed by atoms with Crippen molar-refractivity contribution in [3.05, 3.63) is 34.6 Å². The summed E-state index contributed by atoms with van der Waals surface area (Å²) in [6.07, 6.45) is 0. The summed E-state index contributed by atoms with van der Waals surface area (Å²) in [5.74, 6) is -0.412. The summed E-state index contributed by atoms with van der Waals surface area (Å²) < 4.78 is 13.1. The average molecular weight is 255 g/mol. The third kappa shape index (κ3) is 3.69. The zero-order valence-corrected chi connectivity index (χ0v) is 11.0. The fourth-order valence-electron chi connectivity index (χ4n) is 1.47. The predicted octanol–water partition coefficient (Wildman–Crippen LogP) is 3.26. The SMILES string of the molecule is CC(C#N)NCC(C)(C)c1ccc(F)c(Cl)c1. The molecule has 0 aromatic heterocycles. The molecule has 2 nitrogen and oxygen atoms in total. The molecule has 92 valence electrons. The van der Waals surface area contributed by atoms with Crippen molar-refractivity contribution in [1.29, 1.82) is 5.26 Å². The Morgan fingerprint density at radius 1 is 1.53 bits per heavy atom. The molecule has 17 heavy (non-hydrogen) atoms. The Bertz CT molecular complexity index is 438. The van der Waals surface area contributed by atoms with E-state index in [1.807, 2.05) is 13.8 Å². The molecule has 4 heteroatoms. The summed E-state index contributed by atoms with van der Waals surface area (Å²) >= 11 is 5.76. The van der Waals surface area contributed by atoms with E-state index >= 15 is 0 Å². The number of nitrogens with zero attached hydrogens (tertiary/aromatic N) is 1. The molecule has 1 aromatic rings. The normalized spacial score (nSPS) is 13.2. The van der Waals surface area contributed by atoms with Crippen LogP contribution < -0.4 is 5.32 Å². The molecule has 0 heterocycles. The average Bonchev–Trinajstić information content (AvgIpc) is 2.29. The molecule has 0 aliphatic heterocycles. The van der Waals surface area contributed by atoms with Crippen molar-refractivity contribution in [1.82, 2.24) is 5.32 Å². The molecule has 0 spiro atoms. The lowest BCUT2D eigenvalue weighted by atomic mass is 9.84. The third-order valence-corrected chi connectivity index (χ3v) is 3.03. The second-order valence-electron chi connectivity index (χ2n) is 4.74. The summed E-state index contributed by atoms with van der Waals surface area (Å²) in [5.41, 5.74) is 0.740. The molecule has 0 bridgehead atoms. The van der Waals surface area contributed by atoms with Crippen LogP contribution in [0.25, 0.3) is 0 Å². The van der Waals surface area contributed by atoms with Crippen LogP contribution in [0, 0.1) is 17.1 Å². The van der Waals surface area contributed by atoms with E-state index in [1.165, 1.54) is 6.07 Å². The Balaban J connectivity index is 2.82. The largest absolute Gasteiger partial charge is 0.301 e. The summed E-state index contributed by atoms with van der Waals surface area (Å²) in [4.78, 5) is 0. The first kappa shape index (κ1) is 14.0. The van der Waals surface area contributed by atoms with Crippen molar-refractivity contribution in [2.75, 3.05) is 6.54 Å². The van der Waals surface area contributed by atoms with Crippen molar-refractivity contribution in [3.8, 4) is 6.07 Å². The highest BCUT2D eigenvalue weighted by Gasteiger charge is 2.22. The van der Waals surface area contributed by atoms with Crippen LogP contribution in [-0.2, 0) is 5.41 Å². The summed E-state index contributed by atoms with van der Waals surface area (Å²) in [6.45, 7) is 6.47. The third-order valence-electron chi connectivity index (χ3n) is 2.74. The van der Waals surface area contributed by atoms with Gasteiger partial charge in [-0.1, -0.05) is 31.5 Å². The minimum atomic E-state index is -0.412. The van der Waals surface area contributed by atoms with Gasteiger partial charge in [-0.25, -0.2) is 4.39 Å². The van der Waals surface area contributed by atoms with E-state index in [0.717, 1.165) is 5.56 Å². The lowest BCUT2D eigenvalue weighted by molar-refractivity contribution is 0.456. The minimum Gasteiger partial charge on any atom is -0.301 e. The molecule has 1 rings (SSSR count). The van der Waals surface area contributed by atoms with E-state index in [2.05, 4.69) is 11.4 Å². The van der Waals surface area contributed by atoms with Crippen molar-refractivity contribution < 1.29 is 4.39 Å². The Labute approximate surface area is 106 Å². The van der Waals surface area contributed by atoms with Crippen LogP contribution in [-0.4, -0.2) is 12.6 Å². The van der Waals surface area contributed by atoms with Crippen LogP contribution in [0.3, 0.4) is 0 Å². The minimum absolute atomic E-state index is 0.129. The number of nitriles is 1. The second-order valence-corrected chi connectivity index (χ2v) is 5.15. The molecule has 1 unspecified atom stereocenters. The quantitative estimate of drug-likeness (QED) is 0.895. The maximum atomic E-state index is 13.1. The van der Waals surface area contributed by atoms with E-state index < -0.39 is 5.82 Å². The highest BCUT2D eigenvalue weighted by molar-refractivity contribution is 6.30. The zero-order valence-electron chi connectivity index (χ0n) is 10.2. The lowest BCUT2D eigenvalue weighted by Crippen LogP contribution is -2.37. The van der Waals surface area contributed by atoms with E-state index in [0.29, 0.717) is 6.54 Å². The highest BCUT2D eigenvalue weighted by Crippen LogP contribution is 2.26. The topological polar surface area (TPSA) is 35.8 Å². The lowest BCUT2D eigenvalue weighted by Gasteiger charge is -2.26. The highest BCUT2D eigenvalue weighted by atomic mass is 35.5. The summed E-state index contributed by atoms with van der Waals surface area (Å²) in [5, 5.41) is 11.9. The number of hydrogen-bond donors (Lipinski definition) is 1. The van der Waals surface area contributed by atoms with Gasteiger partial charge < -0.3 is 5.32 Å². The van der Waals surface area contributed by atoms with E-state index in [4.69, 9.17) is 16.9 Å². The van der Waals surface area contributed by atoms with Gasteiger partial charge in [0.2, 0.25) is 0 Å². The van der Waals surface area contributed by atoms with Gasteiger partial charge in [0.1, 0.15) is 5.82 Å². The van der Waals surface area contributed by atoms with Crippen molar-refractivity contribution in [2.24, 2.45) is 0 Å². The molecule has 0 fully saturated rings. The standard InChI is InChI=1S/C13H16ClFN2/c1-9(7-16)17-8-13(2,3)10-4-5-12(15)11(14)6-10/h4-6,9,17H,8H2,1-3H3. The van der Waals surface area contributed by atoms with Gasteiger partial charge in [-0.15, -0.1) is 0 Å². The summed E-state index contributed by atoms with van der Waals surface area (Å²) in [6, 6.07) is 6.63. The predicted molar refractivity (Wildman–Crippen MR) is 67.5 cm³/mol. The zero-order chi connectivity index (χ0) is 13.1. The smallest absolute Gasteiger partial charge is 0.141 e. The first-order valence-electron chi connectivity index (χ1n) is 5.45. The van der Waals surface area contributed by atoms with Crippen LogP contribution in [0.4, 0.5) is 4.39 Å². The maximum absolute atomic E-state index is 13.1. The molecule has 0 amide bonds. The van der Waals surface area contributed by atoms with Gasteiger partial charge in [-0.2, -0.15) is 5.26 Å². The molecule has 1 atom stereocenters. The monoisotopic (exact) mass is 254 g/mol. The van der Waals surface area contributed by atoms with Crippen molar-refractivity contribution >= 4 is 11.6 Å². The Kier molecular flexibility index (Phi) is 4.50. The number of hydrogen-bond acceptors (Lipinski definition) is 2. The van der Waals surface area contributed by atoms with Gasteiger partial charge in [0.15, 0.2) is 0 Å². The van der Waals surface area contributed by atoms with Crippen molar-refractivity contribution in [3.63, 3.8) is 0 Å². The number of benzene rings is 1. The van der Waals surface area contributed by atoms with Crippen LogP contribution in [0.15, 0.2) is 18.2 Å². The van der Waals surface area contributed by atoms with E-state index in [1.54, 1.807) is 19.1 Å². The number of halogens is 2. The fourth-order valence-corrected chi connectivity index (χ4v) is 1.65. The van der Waals surface area contributed by atoms with Crippen molar-refractivity contribution in [2.45, 2.75) is 32.2 Å². The van der Waals surface area contributed by atoms with Crippen LogP contribution >= 0.6 is 11.6 Å². The molecule has 0 aliphatic rings. The fraction of sp³-hybridized carbons (Fsp3) is 0.462. The molecular weight excluding hydrogens is 239 g/mol. The molecule has 0 aliphatic carbocycles. The first-order valence-corrected chi connectivity index (χ1v) is 5.83. The molecule has 0 radical (unpaired) electrons. The molecular formula is C13H16ClFN2. The maximum Gasteiger partial charge on any atom is 0.141 e. The van der Waals surface area contributed by atoms with E-state index in [9.17, 15) is 4.39 Å². The van der Waals surface area contributed by atoms with Gasteiger partial charge in [0, 0.05) is 12.0 Å². The van der Waals surface area contributed by atoms with Crippen LogP contribution in [0.5, 0.6) is 0 Å². The molecule has 1 aromatic carbocycles. The first-order chi connectivity index (χ1) is 7.86. The Morgan fingerprint density at radius 3 is 2.71 bits per heavy atom. The van der Waals surface area contributed by atoms with Gasteiger partial charge in [-0.05, 0) is 24.6 Å². The Hall–Kier alpha value is -1.11. The Morgan fingerprint density at radius 2 is 2.18 bits per heavy atom. The van der Waals surface area contributed by atoms with Gasteiger partial charge >= 0.3 is 0 Å². The van der Waals surface area contributed by atoms with Crippen LogP contribution in [0.1, 0.15) is 26.3 Å². The van der Waals surface area contributed by atoms with Crippen LogP contribution in [0.2, 0.25) is 5.02 Å². The van der Waals surface area contributed by atoms with Gasteiger partial charge in [0.05, 0.1) is 17.1 Å². The summed E-state index contributed by atoms with van der Waals surface area (Å²) in [7, 11) is 0. The number of nitrogens with one attached hydrogen (secondary N) is 1.